The molecule has 2 N–H and O–H groups in total. The maximum atomic E-state index is 12.4. The van der Waals surface area contributed by atoms with Gasteiger partial charge in [-0.05, 0) is 24.8 Å². The minimum Gasteiger partial charge on any atom is -0.396 e. The van der Waals surface area contributed by atoms with Gasteiger partial charge in [-0.25, -0.2) is 9.97 Å². The number of nitrogens with one attached hydrogen (secondary N) is 1. The van der Waals surface area contributed by atoms with E-state index in [1.165, 1.54) is 0 Å². The van der Waals surface area contributed by atoms with Gasteiger partial charge in [0.1, 0.15) is 5.69 Å². The van der Waals surface area contributed by atoms with Crippen molar-refractivity contribution in [2.75, 3.05) is 18.5 Å². The average Bonchev–Trinajstić information content (AvgIpc) is 2.33. The van der Waals surface area contributed by atoms with Crippen LogP contribution >= 0.6 is 0 Å². The van der Waals surface area contributed by atoms with Gasteiger partial charge in [-0.15, -0.1) is 0 Å². The second-order valence-electron chi connectivity index (χ2n) is 4.12. The van der Waals surface area contributed by atoms with Crippen molar-refractivity contribution in [3.05, 3.63) is 18.0 Å². The van der Waals surface area contributed by atoms with Crippen molar-refractivity contribution in [3.8, 4) is 0 Å². The van der Waals surface area contributed by atoms with E-state index in [1.807, 2.05) is 6.92 Å². The molecule has 1 aromatic heterocycles. The van der Waals surface area contributed by atoms with Crippen LogP contribution in [0, 0.1) is 5.92 Å². The molecular weight excluding hydrogens is 247 g/mol. The summed E-state index contributed by atoms with van der Waals surface area (Å²) in [6.07, 6.45) is -1.84. The lowest BCUT2D eigenvalue weighted by Gasteiger charge is -2.10. The highest BCUT2D eigenvalue weighted by atomic mass is 19.4. The lowest BCUT2D eigenvalue weighted by Crippen LogP contribution is -2.12. The molecular formula is C11H16F3N3O. The van der Waals surface area contributed by atoms with Crippen LogP contribution in [0.15, 0.2) is 12.3 Å². The van der Waals surface area contributed by atoms with Gasteiger partial charge < -0.3 is 10.4 Å². The Bertz CT molecular complexity index is 371. The molecule has 102 valence electrons. The molecule has 1 unspecified atom stereocenters. The Hall–Kier alpha value is -1.37. The third kappa shape index (κ3) is 4.87. The molecule has 1 heterocycles. The topological polar surface area (TPSA) is 58.0 Å². The van der Waals surface area contributed by atoms with E-state index in [1.54, 1.807) is 0 Å². The Morgan fingerprint density at radius 1 is 1.44 bits per heavy atom. The lowest BCUT2D eigenvalue weighted by atomic mass is 10.1. The molecule has 0 fully saturated rings. The van der Waals surface area contributed by atoms with Gasteiger partial charge in [-0.1, -0.05) is 6.92 Å². The van der Waals surface area contributed by atoms with Crippen LogP contribution in [0.2, 0.25) is 0 Å². The van der Waals surface area contributed by atoms with Crippen LogP contribution in [0.4, 0.5) is 19.1 Å². The number of halogens is 3. The van der Waals surface area contributed by atoms with Crippen LogP contribution in [-0.4, -0.2) is 28.2 Å². The van der Waals surface area contributed by atoms with Crippen LogP contribution in [0.25, 0.3) is 0 Å². The normalized spacial score (nSPS) is 13.4. The summed E-state index contributed by atoms with van der Waals surface area (Å²) in [4.78, 5) is 7.10. The van der Waals surface area contributed by atoms with Crippen LogP contribution in [0.3, 0.4) is 0 Å². The molecule has 0 aliphatic heterocycles. The Morgan fingerprint density at radius 3 is 2.78 bits per heavy atom. The molecule has 0 bridgehead atoms. The zero-order chi connectivity index (χ0) is 13.6. The number of aliphatic hydroxyl groups is 1. The minimum absolute atomic E-state index is 0.0264. The molecule has 1 rings (SSSR count). The molecule has 0 saturated carbocycles. The summed E-state index contributed by atoms with van der Waals surface area (Å²) < 4.78 is 37.1. The fourth-order valence-corrected chi connectivity index (χ4v) is 1.34. The predicted octanol–water partition coefficient (Wildman–Crippen LogP) is 2.32. The quantitative estimate of drug-likeness (QED) is 0.773. The smallest absolute Gasteiger partial charge is 0.396 e. The first-order valence-corrected chi connectivity index (χ1v) is 5.68. The van der Waals surface area contributed by atoms with Crippen molar-refractivity contribution >= 4 is 5.95 Å². The summed E-state index contributed by atoms with van der Waals surface area (Å²) in [5.74, 6) is 0.163. The Labute approximate surface area is 103 Å². The van der Waals surface area contributed by atoms with Gasteiger partial charge in [0.05, 0.1) is 0 Å². The average molecular weight is 263 g/mol. The maximum Gasteiger partial charge on any atom is 0.433 e. The lowest BCUT2D eigenvalue weighted by molar-refractivity contribution is -0.141. The highest BCUT2D eigenvalue weighted by Gasteiger charge is 2.32. The Kier molecular flexibility index (Phi) is 5.33. The first-order chi connectivity index (χ1) is 8.43. The summed E-state index contributed by atoms with van der Waals surface area (Å²) in [5, 5.41) is 11.5. The summed E-state index contributed by atoms with van der Waals surface area (Å²) in [5.41, 5.74) is -0.955. The van der Waals surface area contributed by atoms with Gasteiger partial charge in [0.15, 0.2) is 0 Å². The molecule has 4 nitrogen and oxygen atoms in total. The summed E-state index contributed by atoms with van der Waals surface area (Å²) in [6.45, 7) is 2.49. The van der Waals surface area contributed by atoms with Gasteiger partial charge in [0, 0.05) is 19.3 Å². The standard InChI is InChI=1S/C11H16F3N3O/c1-8(7-18)3-2-5-15-10-16-6-4-9(17-10)11(12,13)14/h4,6,8,18H,2-3,5,7H2,1H3,(H,15,16,17). The van der Waals surface area contributed by atoms with Crippen molar-refractivity contribution in [2.24, 2.45) is 5.92 Å². The summed E-state index contributed by atoms with van der Waals surface area (Å²) >= 11 is 0. The Morgan fingerprint density at radius 2 is 2.17 bits per heavy atom. The predicted molar refractivity (Wildman–Crippen MR) is 61.0 cm³/mol. The van der Waals surface area contributed by atoms with Gasteiger partial charge >= 0.3 is 6.18 Å². The number of anilines is 1. The first kappa shape index (κ1) is 14.7. The van der Waals surface area contributed by atoms with Crippen molar-refractivity contribution < 1.29 is 18.3 Å². The molecule has 1 atom stereocenters. The van der Waals surface area contributed by atoms with Crippen LogP contribution < -0.4 is 5.32 Å². The van der Waals surface area contributed by atoms with Crippen LogP contribution in [0.1, 0.15) is 25.5 Å². The van der Waals surface area contributed by atoms with E-state index in [-0.39, 0.29) is 18.5 Å². The fourth-order valence-electron chi connectivity index (χ4n) is 1.34. The van der Waals surface area contributed by atoms with Crippen LogP contribution in [0.5, 0.6) is 0 Å². The molecule has 0 aliphatic rings. The van der Waals surface area contributed by atoms with E-state index in [9.17, 15) is 13.2 Å². The van der Waals surface area contributed by atoms with Crippen molar-refractivity contribution in [1.82, 2.24) is 9.97 Å². The largest absolute Gasteiger partial charge is 0.433 e. The fraction of sp³-hybridized carbons (Fsp3) is 0.636. The van der Waals surface area contributed by atoms with E-state index in [0.717, 1.165) is 25.1 Å². The number of alkyl halides is 3. The molecule has 0 radical (unpaired) electrons. The monoisotopic (exact) mass is 263 g/mol. The van der Waals surface area contributed by atoms with Gasteiger partial charge in [0.25, 0.3) is 0 Å². The van der Waals surface area contributed by atoms with Gasteiger partial charge in [-0.3, -0.25) is 0 Å². The van der Waals surface area contributed by atoms with Crippen molar-refractivity contribution in [2.45, 2.75) is 25.9 Å². The molecule has 0 aliphatic carbocycles. The molecule has 0 amide bonds. The van der Waals surface area contributed by atoms with Crippen molar-refractivity contribution in [3.63, 3.8) is 0 Å². The molecule has 1 aromatic rings. The van der Waals surface area contributed by atoms with E-state index >= 15 is 0 Å². The van der Waals surface area contributed by atoms with Gasteiger partial charge in [0.2, 0.25) is 5.95 Å². The second-order valence-corrected chi connectivity index (χ2v) is 4.12. The van der Waals surface area contributed by atoms with Gasteiger partial charge in [-0.2, -0.15) is 13.2 Å². The zero-order valence-electron chi connectivity index (χ0n) is 10.0. The molecule has 0 aromatic carbocycles. The van der Waals surface area contributed by atoms with E-state index in [0.29, 0.717) is 6.54 Å². The summed E-state index contributed by atoms with van der Waals surface area (Å²) in [6, 6.07) is 0.832. The number of aromatic nitrogens is 2. The van der Waals surface area contributed by atoms with Crippen LogP contribution in [-0.2, 0) is 6.18 Å². The molecule has 0 spiro atoms. The Balaban J connectivity index is 2.43. The molecule has 7 heteroatoms. The second kappa shape index (κ2) is 6.53. The zero-order valence-corrected chi connectivity index (χ0v) is 10.0. The number of rotatable bonds is 6. The van der Waals surface area contributed by atoms with E-state index in [4.69, 9.17) is 5.11 Å². The number of hydrogen-bond donors (Lipinski definition) is 2. The summed E-state index contributed by atoms with van der Waals surface area (Å²) in [7, 11) is 0. The number of hydrogen-bond acceptors (Lipinski definition) is 4. The maximum absolute atomic E-state index is 12.4. The highest BCUT2D eigenvalue weighted by molar-refractivity contribution is 5.25. The highest BCUT2D eigenvalue weighted by Crippen LogP contribution is 2.27. The van der Waals surface area contributed by atoms with E-state index in [2.05, 4.69) is 15.3 Å². The first-order valence-electron chi connectivity index (χ1n) is 5.68. The third-order valence-electron chi connectivity index (χ3n) is 2.41. The molecule has 18 heavy (non-hydrogen) atoms. The minimum atomic E-state index is -4.45. The third-order valence-corrected chi connectivity index (χ3v) is 2.41. The SMILES string of the molecule is CC(CO)CCCNc1nccc(C(F)(F)F)n1. The number of aliphatic hydroxyl groups excluding tert-OH is 1. The van der Waals surface area contributed by atoms with Crippen molar-refractivity contribution in [1.29, 1.82) is 0 Å². The number of nitrogens with zero attached hydrogens (tertiary/aromatic N) is 2. The van der Waals surface area contributed by atoms with E-state index < -0.39 is 11.9 Å². The molecule has 0 saturated heterocycles.